The normalized spacial score (nSPS) is 14.2. The monoisotopic (exact) mass is 469 g/mol. The zero-order chi connectivity index (χ0) is 23.6. The lowest BCUT2D eigenvalue weighted by atomic mass is 10.1. The van der Waals surface area contributed by atoms with Gasteiger partial charge in [-0.2, -0.15) is 0 Å². The van der Waals surface area contributed by atoms with Crippen molar-refractivity contribution in [2.24, 2.45) is 0 Å². The van der Waals surface area contributed by atoms with Gasteiger partial charge in [0, 0.05) is 37.4 Å². The van der Waals surface area contributed by atoms with E-state index in [0.29, 0.717) is 37.3 Å². The summed E-state index contributed by atoms with van der Waals surface area (Å²) < 4.78 is 41.5. The van der Waals surface area contributed by atoms with Gasteiger partial charge in [-0.05, 0) is 55.0 Å². The van der Waals surface area contributed by atoms with Crippen molar-refractivity contribution in [1.82, 2.24) is 4.90 Å². The fourth-order valence-corrected chi connectivity index (χ4v) is 4.80. The number of piperazine rings is 1. The first kappa shape index (κ1) is 22.6. The second-order valence-electron chi connectivity index (χ2n) is 7.87. The molecule has 172 valence electrons. The third-order valence-corrected chi connectivity index (χ3v) is 6.98. The summed E-state index contributed by atoms with van der Waals surface area (Å²) in [6.45, 7) is 3.61. The molecule has 0 aromatic heterocycles. The number of benzene rings is 3. The Morgan fingerprint density at radius 3 is 2.39 bits per heavy atom. The Morgan fingerprint density at radius 1 is 0.970 bits per heavy atom. The van der Waals surface area contributed by atoms with Crippen LogP contribution in [0, 0.1) is 12.7 Å². The van der Waals surface area contributed by atoms with Crippen molar-refractivity contribution in [1.29, 1.82) is 0 Å². The number of carbonyl (C=O) groups is 1. The number of halogens is 1. The number of anilines is 2. The topological polar surface area (TPSA) is 90.0 Å². The summed E-state index contributed by atoms with van der Waals surface area (Å²) in [6, 6.07) is 17.0. The molecule has 2 N–H and O–H groups in total. The molecule has 9 heteroatoms. The average Bonchev–Trinajstić information content (AvgIpc) is 2.80. The summed E-state index contributed by atoms with van der Waals surface area (Å²) in [5.74, 6) is -0.621. The van der Waals surface area contributed by atoms with Crippen molar-refractivity contribution in [3.63, 3.8) is 0 Å². The van der Waals surface area contributed by atoms with Gasteiger partial charge in [0.05, 0.1) is 10.6 Å². The molecule has 3 aromatic carbocycles. The molecule has 4 rings (SSSR count). The number of para-hydroxylation sites is 2. The summed E-state index contributed by atoms with van der Waals surface area (Å²) >= 11 is 0. The van der Waals surface area contributed by atoms with Crippen molar-refractivity contribution in [3.05, 3.63) is 83.7 Å². The van der Waals surface area contributed by atoms with Gasteiger partial charge < -0.3 is 14.9 Å². The van der Waals surface area contributed by atoms with E-state index in [0.717, 1.165) is 11.8 Å². The van der Waals surface area contributed by atoms with Gasteiger partial charge in [0.2, 0.25) is 0 Å². The van der Waals surface area contributed by atoms with Gasteiger partial charge in [-0.25, -0.2) is 12.8 Å². The number of phenols is 1. The Labute approximate surface area is 192 Å². The van der Waals surface area contributed by atoms with Crippen molar-refractivity contribution in [3.8, 4) is 5.75 Å². The second kappa shape index (κ2) is 9.11. The predicted molar refractivity (Wildman–Crippen MR) is 125 cm³/mol. The number of sulfonamides is 1. The molecule has 1 heterocycles. The van der Waals surface area contributed by atoms with E-state index in [4.69, 9.17) is 0 Å². The van der Waals surface area contributed by atoms with Crippen LogP contribution in [0.3, 0.4) is 0 Å². The zero-order valence-corrected chi connectivity index (χ0v) is 18.8. The highest BCUT2D eigenvalue weighted by atomic mass is 32.2. The molecule has 0 saturated carbocycles. The standard InChI is InChI=1S/C24H24FN3O4S/c1-17-9-10-20(16-21(17)25)33(31,32)26-19-6-4-5-18(15-19)24(30)28-13-11-27(12-14-28)22-7-2-3-8-23(22)29/h2-10,15-16,26,29H,11-14H2,1H3. The molecule has 0 bridgehead atoms. The van der Waals surface area contributed by atoms with Gasteiger partial charge in [-0.15, -0.1) is 0 Å². The van der Waals surface area contributed by atoms with Crippen molar-refractivity contribution in [2.45, 2.75) is 11.8 Å². The fourth-order valence-electron chi connectivity index (χ4n) is 3.74. The zero-order valence-electron chi connectivity index (χ0n) is 18.0. The van der Waals surface area contributed by atoms with E-state index < -0.39 is 15.8 Å². The highest BCUT2D eigenvalue weighted by molar-refractivity contribution is 7.92. The largest absolute Gasteiger partial charge is 0.506 e. The number of hydrogen-bond acceptors (Lipinski definition) is 5. The summed E-state index contributed by atoms with van der Waals surface area (Å²) in [5, 5.41) is 10.1. The number of nitrogens with zero attached hydrogens (tertiary/aromatic N) is 2. The lowest BCUT2D eigenvalue weighted by Gasteiger charge is -2.36. The van der Waals surface area contributed by atoms with Crippen LogP contribution < -0.4 is 9.62 Å². The molecular weight excluding hydrogens is 445 g/mol. The average molecular weight is 470 g/mol. The van der Waals surface area contributed by atoms with Gasteiger partial charge in [0.25, 0.3) is 15.9 Å². The SMILES string of the molecule is Cc1ccc(S(=O)(=O)Nc2cccc(C(=O)N3CCN(c4ccccc4O)CC3)c2)cc1F. The Kier molecular flexibility index (Phi) is 6.24. The molecule has 1 aliphatic rings. The number of aryl methyl sites for hydroxylation is 1. The highest BCUT2D eigenvalue weighted by Gasteiger charge is 2.24. The number of hydrogen-bond donors (Lipinski definition) is 2. The maximum atomic E-state index is 13.8. The molecule has 0 atom stereocenters. The van der Waals surface area contributed by atoms with Gasteiger partial charge in [-0.3, -0.25) is 9.52 Å². The number of aromatic hydroxyl groups is 1. The minimum atomic E-state index is -4.01. The quantitative estimate of drug-likeness (QED) is 0.596. The third-order valence-electron chi connectivity index (χ3n) is 5.60. The van der Waals surface area contributed by atoms with Crippen LogP contribution in [0.25, 0.3) is 0 Å². The smallest absolute Gasteiger partial charge is 0.261 e. The molecule has 0 spiro atoms. The molecule has 1 saturated heterocycles. The van der Waals surface area contributed by atoms with Crippen LogP contribution in [-0.4, -0.2) is 50.5 Å². The molecule has 1 fully saturated rings. The molecule has 1 amide bonds. The Balaban J connectivity index is 1.45. The van der Waals surface area contributed by atoms with Crippen LogP contribution in [-0.2, 0) is 10.0 Å². The van der Waals surface area contributed by atoms with Crippen molar-refractivity contribution in [2.75, 3.05) is 35.8 Å². The summed E-state index contributed by atoms with van der Waals surface area (Å²) in [4.78, 5) is 16.5. The molecule has 0 radical (unpaired) electrons. The molecule has 3 aromatic rings. The number of amides is 1. The van der Waals surface area contributed by atoms with E-state index in [2.05, 4.69) is 4.72 Å². The number of rotatable bonds is 5. The van der Waals surface area contributed by atoms with Crippen LogP contribution >= 0.6 is 0 Å². The van der Waals surface area contributed by atoms with Gasteiger partial charge >= 0.3 is 0 Å². The maximum absolute atomic E-state index is 13.8. The molecule has 0 aliphatic carbocycles. The van der Waals surface area contributed by atoms with Crippen molar-refractivity contribution < 1.29 is 22.7 Å². The number of carbonyl (C=O) groups excluding carboxylic acids is 1. The lowest BCUT2D eigenvalue weighted by molar-refractivity contribution is 0.0746. The first-order chi connectivity index (χ1) is 15.7. The summed E-state index contributed by atoms with van der Waals surface area (Å²) in [5.41, 5.74) is 1.65. The van der Waals surface area contributed by atoms with Crippen LogP contribution in [0.2, 0.25) is 0 Å². The van der Waals surface area contributed by atoms with Crippen LogP contribution in [0.5, 0.6) is 5.75 Å². The van der Waals surface area contributed by atoms with Gasteiger partial charge in [-0.1, -0.05) is 24.3 Å². The first-order valence-corrected chi connectivity index (χ1v) is 11.9. The molecule has 7 nitrogen and oxygen atoms in total. The number of phenolic OH excluding ortho intramolecular Hbond substituents is 1. The Morgan fingerprint density at radius 2 is 1.70 bits per heavy atom. The Bertz CT molecular complexity index is 1290. The van der Waals surface area contributed by atoms with E-state index in [-0.39, 0.29) is 22.2 Å². The molecule has 33 heavy (non-hydrogen) atoms. The fraction of sp³-hybridized carbons (Fsp3) is 0.208. The highest BCUT2D eigenvalue weighted by Crippen LogP contribution is 2.27. The van der Waals surface area contributed by atoms with Gasteiger partial charge in [0.15, 0.2) is 0 Å². The summed E-state index contributed by atoms with van der Waals surface area (Å²) in [6.07, 6.45) is 0. The van der Waals surface area contributed by atoms with Crippen LogP contribution in [0.1, 0.15) is 15.9 Å². The van der Waals surface area contributed by atoms with Crippen LogP contribution in [0.15, 0.2) is 71.6 Å². The lowest BCUT2D eigenvalue weighted by Crippen LogP contribution is -2.48. The minimum absolute atomic E-state index is 0.192. The maximum Gasteiger partial charge on any atom is 0.261 e. The van der Waals surface area contributed by atoms with Crippen molar-refractivity contribution >= 4 is 27.3 Å². The van der Waals surface area contributed by atoms with E-state index in [1.807, 2.05) is 17.0 Å². The minimum Gasteiger partial charge on any atom is -0.506 e. The third kappa shape index (κ3) is 4.93. The Hall–Kier alpha value is -3.59. The molecule has 1 aliphatic heterocycles. The van der Waals surface area contributed by atoms with E-state index in [1.165, 1.54) is 24.3 Å². The second-order valence-corrected chi connectivity index (χ2v) is 9.55. The predicted octanol–water partition coefficient (Wildman–Crippen LogP) is 3.60. The van der Waals surface area contributed by atoms with Crippen LogP contribution in [0.4, 0.5) is 15.8 Å². The van der Waals surface area contributed by atoms with E-state index >= 15 is 0 Å². The molecule has 0 unspecified atom stereocenters. The molecular formula is C24H24FN3O4S. The van der Waals surface area contributed by atoms with E-state index in [1.54, 1.807) is 36.1 Å². The summed E-state index contributed by atoms with van der Waals surface area (Å²) in [7, 11) is -4.01. The van der Waals surface area contributed by atoms with Gasteiger partial charge in [0.1, 0.15) is 11.6 Å². The first-order valence-electron chi connectivity index (χ1n) is 10.5. The number of nitrogens with one attached hydrogen (secondary N) is 1. The van der Waals surface area contributed by atoms with E-state index in [9.17, 15) is 22.7 Å².